The number of nitrogens with zero attached hydrogens (tertiary/aromatic N) is 2. The minimum absolute atomic E-state index is 0.0917. The molecule has 118 valence electrons. The average molecular weight is 321 g/mol. The number of nitrogens with one attached hydrogen (secondary N) is 1. The highest BCUT2D eigenvalue weighted by Crippen LogP contribution is 2.49. The summed E-state index contributed by atoms with van der Waals surface area (Å²) in [6, 6.07) is -0.216. The van der Waals surface area contributed by atoms with E-state index in [1.807, 2.05) is 5.38 Å². The minimum Gasteiger partial charge on any atom is -0.481 e. The molecule has 0 unspecified atom stereocenters. The molecule has 7 heteroatoms. The number of rotatable bonds is 3. The zero-order valence-electron chi connectivity index (χ0n) is 12.2. The lowest BCUT2D eigenvalue weighted by molar-refractivity contribution is -0.149. The zero-order chi connectivity index (χ0) is 15.3. The molecule has 2 aliphatic carbocycles. The van der Waals surface area contributed by atoms with Crippen molar-refractivity contribution in [1.29, 1.82) is 0 Å². The van der Waals surface area contributed by atoms with Gasteiger partial charge in [-0.25, -0.2) is 9.78 Å². The van der Waals surface area contributed by atoms with Crippen molar-refractivity contribution in [2.45, 2.75) is 38.0 Å². The summed E-state index contributed by atoms with van der Waals surface area (Å²) in [6.07, 6.45) is 4.90. The van der Waals surface area contributed by atoms with Crippen molar-refractivity contribution in [2.24, 2.45) is 11.3 Å². The van der Waals surface area contributed by atoms with Gasteiger partial charge in [-0.15, -0.1) is 11.3 Å². The van der Waals surface area contributed by atoms with Gasteiger partial charge in [0.15, 0.2) is 5.13 Å². The van der Waals surface area contributed by atoms with E-state index < -0.39 is 11.4 Å². The highest BCUT2D eigenvalue weighted by molar-refractivity contribution is 7.13. The van der Waals surface area contributed by atoms with Crippen molar-refractivity contribution in [1.82, 2.24) is 9.88 Å². The van der Waals surface area contributed by atoms with E-state index >= 15 is 0 Å². The Labute approximate surface area is 132 Å². The van der Waals surface area contributed by atoms with Crippen LogP contribution in [0.25, 0.3) is 0 Å². The first-order valence-corrected chi connectivity index (χ1v) is 8.71. The molecule has 2 N–H and O–H groups in total. The lowest BCUT2D eigenvalue weighted by Gasteiger charge is -2.23. The summed E-state index contributed by atoms with van der Waals surface area (Å²) in [7, 11) is 0. The Morgan fingerprint density at radius 1 is 1.41 bits per heavy atom. The van der Waals surface area contributed by atoms with E-state index in [1.54, 1.807) is 4.90 Å². The standard InChI is InChI=1S/C15H19N3O3S/c19-12(20)15-5-1-2-10(15)6-18(8-15)14(21)17-13-16-11(7-22-13)9-3-4-9/h7,9-10H,1-6,8H2,(H,19,20)(H,16,17,21)/t10-,15+/m0/s1. The number of aromatic nitrogens is 1. The van der Waals surface area contributed by atoms with Crippen LogP contribution in [0.15, 0.2) is 5.38 Å². The van der Waals surface area contributed by atoms with Crippen LogP contribution in [-0.2, 0) is 4.79 Å². The number of urea groups is 1. The third kappa shape index (κ3) is 2.18. The van der Waals surface area contributed by atoms with Crippen molar-refractivity contribution in [3.05, 3.63) is 11.1 Å². The second-order valence-electron chi connectivity index (χ2n) is 6.71. The molecule has 1 aromatic rings. The molecule has 22 heavy (non-hydrogen) atoms. The number of likely N-dealkylation sites (tertiary alicyclic amines) is 1. The molecule has 1 aliphatic heterocycles. The molecule has 3 fully saturated rings. The number of hydrogen-bond acceptors (Lipinski definition) is 4. The largest absolute Gasteiger partial charge is 0.481 e. The molecule has 3 aliphatic rings. The van der Waals surface area contributed by atoms with Crippen LogP contribution in [0.5, 0.6) is 0 Å². The Morgan fingerprint density at radius 3 is 2.91 bits per heavy atom. The fourth-order valence-electron chi connectivity index (χ4n) is 3.87. The first kappa shape index (κ1) is 14.0. The summed E-state index contributed by atoms with van der Waals surface area (Å²) in [5.74, 6) is -0.0898. The molecule has 2 amide bonds. The third-order valence-corrected chi connectivity index (χ3v) is 6.09. The molecule has 0 spiro atoms. The van der Waals surface area contributed by atoms with Crippen LogP contribution < -0.4 is 5.32 Å². The Balaban J connectivity index is 1.43. The molecule has 2 saturated carbocycles. The van der Waals surface area contributed by atoms with Crippen molar-refractivity contribution >= 4 is 28.5 Å². The fraction of sp³-hybridized carbons (Fsp3) is 0.667. The van der Waals surface area contributed by atoms with Gasteiger partial charge >= 0.3 is 12.0 Å². The molecule has 0 radical (unpaired) electrons. The predicted octanol–water partition coefficient (Wildman–Crippen LogP) is 2.74. The van der Waals surface area contributed by atoms with Crippen molar-refractivity contribution in [3.8, 4) is 0 Å². The van der Waals surface area contributed by atoms with Gasteiger partial charge in [0.2, 0.25) is 0 Å². The molecule has 0 aromatic carbocycles. The lowest BCUT2D eigenvalue weighted by Crippen LogP contribution is -2.38. The summed E-state index contributed by atoms with van der Waals surface area (Å²) in [6.45, 7) is 0.860. The van der Waals surface area contributed by atoms with E-state index in [0.717, 1.165) is 18.5 Å². The monoisotopic (exact) mass is 321 g/mol. The van der Waals surface area contributed by atoms with Crippen LogP contribution in [-0.4, -0.2) is 40.1 Å². The smallest absolute Gasteiger partial charge is 0.323 e. The van der Waals surface area contributed by atoms with Gasteiger partial charge in [-0.3, -0.25) is 10.1 Å². The number of hydrogen-bond donors (Lipinski definition) is 2. The van der Waals surface area contributed by atoms with Gasteiger partial charge in [-0.2, -0.15) is 0 Å². The second-order valence-corrected chi connectivity index (χ2v) is 7.57. The molecule has 6 nitrogen and oxygen atoms in total. The average Bonchev–Trinajstić information content (AvgIpc) is 2.93. The second kappa shape index (κ2) is 4.94. The van der Waals surface area contributed by atoms with Crippen molar-refractivity contribution in [2.75, 3.05) is 18.4 Å². The highest BCUT2D eigenvalue weighted by atomic mass is 32.1. The highest BCUT2D eigenvalue weighted by Gasteiger charge is 2.55. The number of carboxylic acid groups (broad SMARTS) is 1. The maximum atomic E-state index is 12.4. The number of carbonyl (C=O) groups excluding carboxylic acids is 1. The van der Waals surface area contributed by atoms with Gasteiger partial charge in [0.05, 0.1) is 11.1 Å². The number of aliphatic carboxylic acids is 1. The normalized spacial score (nSPS) is 30.4. The molecule has 1 saturated heterocycles. The number of anilines is 1. The van der Waals surface area contributed by atoms with E-state index in [-0.39, 0.29) is 11.9 Å². The molecule has 2 atom stereocenters. The van der Waals surface area contributed by atoms with Gasteiger partial charge in [0.1, 0.15) is 0 Å². The Morgan fingerprint density at radius 2 is 2.23 bits per heavy atom. The van der Waals surface area contributed by atoms with Gasteiger partial charge in [-0.1, -0.05) is 6.42 Å². The summed E-state index contributed by atoms with van der Waals surface area (Å²) < 4.78 is 0. The van der Waals surface area contributed by atoms with E-state index in [1.165, 1.54) is 24.2 Å². The quantitative estimate of drug-likeness (QED) is 0.897. The first-order chi connectivity index (χ1) is 10.6. The lowest BCUT2D eigenvalue weighted by atomic mass is 9.81. The molecular formula is C15H19N3O3S. The predicted molar refractivity (Wildman–Crippen MR) is 82.1 cm³/mol. The summed E-state index contributed by atoms with van der Waals surface area (Å²) in [5.41, 5.74) is 0.347. The van der Waals surface area contributed by atoms with Crippen LogP contribution in [0.1, 0.15) is 43.7 Å². The maximum absolute atomic E-state index is 12.4. The number of fused-ring (bicyclic) bond motifs is 1. The minimum atomic E-state index is -0.754. The Hall–Kier alpha value is -1.63. The van der Waals surface area contributed by atoms with Crippen molar-refractivity contribution < 1.29 is 14.7 Å². The number of carbonyl (C=O) groups is 2. The summed E-state index contributed by atoms with van der Waals surface area (Å²) in [4.78, 5) is 30.1. The van der Waals surface area contributed by atoms with E-state index in [2.05, 4.69) is 10.3 Å². The SMILES string of the molecule is O=C(Nc1nc(C2CC2)cs1)N1C[C@@H]2CCC[C@@]2(C(=O)O)C1. The molecule has 2 heterocycles. The Kier molecular flexibility index (Phi) is 3.14. The topological polar surface area (TPSA) is 82.5 Å². The molecule has 4 rings (SSSR count). The van der Waals surface area contributed by atoms with Crippen LogP contribution in [0.4, 0.5) is 9.93 Å². The summed E-state index contributed by atoms with van der Waals surface area (Å²) >= 11 is 1.45. The molecular weight excluding hydrogens is 302 g/mol. The molecule has 1 aromatic heterocycles. The van der Waals surface area contributed by atoms with Gasteiger partial charge in [0, 0.05) is 24.4 Å². The summed E-state index contributed by atoms with van der Waals surface area (Å²) in [5, 5.41) is 15.0. The molecule has 0 bridgehead atoms. The number of carboxylic acids is 1. The Bertz CT molecular complexity index is 627. The van der Waals surface area contributed by atoms with E-state index in [4.69, 9.17) is 0 Å². The third-order valence-electron chi connectivity index (χ3n) is 5.32. The maximum Gasteiger partial charge on any atom is 0.323 e. The van der Waals surface area contributed by atoms with E-state index in [0.29, 0.717) is 30.6 Å². The van der Waals surface area contributed by atoms with E-state index in [9.17, 15) is 14.7 Å². The van der Waals surface area contributed by atoms with Gasteiger partial charge in [-0.05, 0) is 31.6 Å². The van der Waals surface area contributed by atoms with Crippen LogP contribution in [0, 0.1) is 11.3 Å². The van der Waals surface area contributed by atoms with Crippen LogP contribution in [0.2, 0.25) is 0 Å². The van der Waals surface area contributed by atoms with Gasteiger partial charge < -0.3 is 10.0 Å². The zero-order valence-corrected chi connectivity index (χ0v) is 13.1. The number of amides is 2. The first-order valence-electron chi connectivity index (χ1n) is 7.83. The van der Waals surface area contributed by atoms with Gasteiger partial charge in [0.25, 0.3) is 0 Å². The van der Waals surface area contributed by atoms with Crippen LogP contribution in [0.3, 0.4) is 0 Å². The fourth-order valence-corrected chi connectivity index (χ4v) is 4.66. The van der Waals surface area contributed by atoms with Crippen LogP contribution >= 0.6 is 11.3 Å². The number of thiazole rings is 1. The van der Waals surface area contributed by atoms with Crippen molar-refractivity contribution in [3.63, 3.8) is 0 Å².